The lowest BCUT2D eigenvalue weighted by atomic mass is 9.82. The molecule has 214 valence electrons. The largest absolute Gasteiger partial charge is 0.493 e. The van der Waals surface area contributed by atoms with Gasteiger partial charge in [-0.2, -0.15) is 0 Å². The number of hydrogen-bond donors (Lipinski definition) is 0. The minimum Gasteiger partial charge on any atom is -0.493 e. The Morgan fingerprint density at radius 1 is 0.953 bits per heavy atom. The summed E-state index contributed by atoms with van der Waals surface area (Å²) in [4.78, 5) is 15.2. The van der Waals surface area contributed by atoms with E-state index >= 15 is 0 Å². The van der Waals surface area contributed by atoms with Gasteiger partial charge in [0.25, 0.3) is 0 Å². The molecule has 1 aliphatic heterocycles. The van der Waals surface area contributed by atoms with Crippen LogP contribution in [-0.4, -0.2) is 39.5 Å². The maximum absolute atomic E-state index is 6.53. The Kier molecular flexibility index (Phi) is 6.62. The van der Waals surface area contributed by atoms with Gasteiger partial charge >= 0.3 is 0 Å². The molecule has 0 fully saturated rings. The van der Waals surface area contributed by atoms with Crippen molar-refractivity contribution in [1.29, 1.82) is 0 Å². The van der Waals surface area contributed by atoms with Crippen molar-refractivity contribution in [2.24, 2.45) is 5.16 Å². The molecule has 0 saturated carbocycles. The molecule has 3 heterocycles. The minimum absolute atomic E-state index is 0.1000. The van der Waals surface area contributed by atoms with Gasteiger partial charge in [0.1, 0.15) is 12.1 Å². The molecule has 0 bridgehead atoms. The van der Waals surface area contributed by atoms with Crippen LogP contribution >= 0.6 is 0 Å². The zero-order valence-electron chi connectivity index (χ0n) is 24.2. The lowest BCUT2D eigenvalue weighted by Crippen LogP contribution is -2.15. The van der Waals surface area contributed by atoms with Crippen molar-refractivity contribution in [3.8, 4) is 23.1 Å². The second-order valence-corrected chi connectivity index (χ2v) is 10.4. The van der Waals surface area contributed by atoms with Crippen LogP contribution in [0.2, 0.25) is 0 Å². The average molecular weight is 572 g/mol. The number of nitrogens with zero attached hydrogens (tertiary/aromatic N) is 5. The van der Waals surface area contributed by atoms with Crippen LogP contribution < -0.4 is 14.2 Å². The third kappa shape index (κ3) is 4.68. The fraction of sp³-hybridized carbons (Fsp3) is 0.176. The molecule has 2 aromatic heterocycles. The first kappa shape index (κ1) is 26.5. The van der Waals surface area contributed by atoms with Crippen molar-refractivity contribution in [3.05, 3.63) is 119 Å². The fourth-order valence-corrected chi connectivity index (χ4v) is 5.57. The van der Waals surface area contributed by atoms with Crippen molar-refractivity contribution >= 4 is 22.1 Å². The number of rotatable bonds is 7. The molecule has 7 rings (SSSR count). The van der Waals surface area contributed by atoms with Crippen molar-refractivity contribution < 1.29 is 19.0 Å². The zero-order chi connectivity index (χ0) is 29.5. The number of aromatic nitrogens is 4. The maximum Gasteiger partial charge on any atom is 0.228 e. The molecule has 0 radical (unpaired) electrons. The molecule has 1 unspecified atom stereocenters. The highest BCUT2D eigenvalue weighted by molar-refractivity contribution is 5.98. The molecule has 9 nitrogen and oxygen atoms in total. The van der Waals surface area contributed by atoms with E-state index in [0.717, 1.165) is 44.5 Å². The van der Waals surface area contributed by atoms with Crippen LogP contribution in [0, 0.1) is 6.92 Å². The molecule has 6 aromatic rings. The number of methoxy groups -OCH3 is 2. The van der Waals surface area contributed by atoms with E-state index in [2.05, 4.69) is 46.4 Å². The molecular weight excluding hydrogens is 542 g/mol. The molecule has 9 heteroatoms. The number of oxime groups is 1. The second-order valence-electron chi connectivity index (χ2n) is 10.4. The van der Waals surface area contributed by atoms with Crippen molar-refractivity contribution in [2.45, 2.75) is 26.4 Å². The van der Waals surface area contributed by atoms with Gasteiger partial charge in [-0.15, -0.1) is 5.10 Å². The first-order valence-corrected chi connectivity index (χ1v) is 13.9. The Bertz CT molecular complexity index is 2020. The molecule has 0 spiro atoms. The van der Waals surface area contributed by atoms with Gasteiger partial charge in [0.2, 0.25) is 5.88 Å². The van der Waals surface area contributed by atoms with Crippen LogP contribution in [0.4, 0.5) is 0 Å². The number of ether oxygens (including phenoxy) is 3. The number of fused-ring (bicyclic) bond motifs is 6. The molecule has 4 aromatic carbocycles. The molecule has 0 amide bonds. The lowest BCUT2D eigenvalue weighted by Gasteiger charge is -2.29. The van der Waals surface area contributed by atoms with Crippen LogP contribution in [0.25, 0.3) is 16.4 Å². The quantitative estimate of drug-likeness (QED) is 0.153. The summed E-state index contributed by atoms with van der Waals surface area (Å²) in [6.45, 7) is 4.06. The monoisotopic (exact) mass is 571 g/mol. The Morgan fingerprint density at radius 3 is 2.58 bits per heavy atom. The number of benzene rings is 4. The van der Waals surface area contributed by atoms with Gasteiger partial charge in [0, 0.05) is 16.9 Å². The first-order chi connectivity index (χ1) is 21.0. The molecule has 1 atom stereocenters. The van der Waals surface area contributed by atoms with E-state index in [1.165, 1.54) is 5.56 Å². The predicted octanol–water partition coefficient (Wildman–Crippen LogP) is 6.83. The van der Waals surface area contributed by atoms with Gasteiger partial charge in [-0.1, -0.05) is 77.4 Å². The van der Waals surface area contributed by atoms with Gasteiger partial charge < -0.3 is 19.0 Å². The third-order valence-corrected chi connectivity index (χ3v) is 7.74. The molecule has 0 saturated heterocycles. The third-order valence-electron chi connectivity index (χ3n) is 7.74. The van der Waals surface area contributed by atoms with E-state index in [9.17, 15) is 0 Å². The summed E-state index contributed by atoms with van der Waals surface area (Å²) in [6, 6.07) is 26.5. The Balaban J connectivity index is 1.32. The van der Waals surface area contributed by atoms with Gasteiger partial charge in [0.05, 0.1) is 25.5 Å². The zero-order valence-corrected chi connectivity index (χ0v) is 24.2. The van der Waals surface area contributed by atoms with Crippen LogP contribution in [0.3, 0.4) is 0 Å². The second kappa shape index (κ2) is 10.8. The van der Waals surface area contributed by atoms with Gasteiger partial charge in [-0.05, 0) is 42.5 Å². The number of hydrogen-bond acceptors (Lipinski definition) is 8. The standard InChI is InChI=1S/C34H29N5O4/c1-20-9-11-22(12-10-20)21(2)38-42-18-29-36-33-31-30(24-14-16-27(40-3)28(17-24)41-4)26-15-13-23-7-5-6-8-25(23)32(26)43-34(31)35-19-39(33)37-29/h5-17,19,30H,18H2,1-4H3. The minimum atomic E-state index is -0.265. The first-order valence-electron chi connectivity index (χ1n) is 13.9. The van der Waals surface area contributed by atoms with Crippen LogP contribution in [0.5, 0.6) is 23.1 Å². The van der Waals surface area contributed by atoms with Crippen LogP contribution in [-0.2, 0) is 11.4 Å². The predicted molar refractivity (Wildman–Crippen MR) is 163 cm³/mol. The van der Waals surface area contributed by atoms with E-state index in [-0.39, 0.29) is 12.5 Å². The summed E-state index contributed by atoms with van der Waals surface area (Å²) in [7, 11) is 3.26. The topological polar surface area (TPSA) is 92.4 Å². The van der Waals surface area contributed by atoms with Crippen molar-refractivity contribution in [2.75, 3.05) is 14.2 Å². The average Bonchev–Trinajstić information content (AvgIpc) is 3.47. The molecule has 0 aliphatic carbocycles. The molecule has 43 heavy (non-hydrogen) atoms. The normalized spacial score (nSPS) is 14.2. The highest BCUT2D eigenvalue weighted by Crippen LogP contribution is 2.51. The summed E-state index contributed by atoms with van der Waals surface area (Å²) >= 11 is 0. The van der Waals surface area contributed by atoms with E-state index < -0.39 is 0 Å². The highest BCUT2D eigenvalue weighted by Gasteiger charge is 2.34. The van der Waals surface area contributed by atoms with E-state index in [1.807, 2.05) is 61.5 Å². The molecule has 0 N–H and O–H groups in total. The molecular formula is C34H29N5O4. The van der Waals surface area contributed by atoms with Gasteiger partial charge in [-0.3, -0.25) is 0 Å². The Morgan fingerprint density at radius 2 is 1.77 bits per heavy atom. The summed E-state index contributed by atoms with van der Waals surface area (Å²) in [5.41, 5.74) is 6.35. The van der Waals surface area contributed by atoms with Gasteiger partial charge in [0.15, 0.2) is 29.6 Å². The van der Waals surface area contributed by atoms with E-state index in [1.54, 1.807) is 25.1 Å². The van der Waals surface area contributed by atoms with Crippen molar-refractivity contribution in [1.82, 2.24) is 19.6 Å². The van der Waals surface area contributed by atoms with E-state index in [4.69, 9.17) is 24.0 Å². The van der Waals surface area contributed by atoms with Crippen molar-refractivity contribution in [3.63, 3.8) is 0 Å². The summed E-state index contributed by atoms with van der Waals surface area (Å²) in [5.74, 6) is 2.74. The smallest absolute Gasteiger partial charge is 0.228 e. The van der Waals surface area contributed by atoms with Gasteiger partial charge in [-0.25, -0.2) is 14.5 Å². The number of aryl methyl sites for hydroxylation is 1. The van der Waals surface area contributed by atoms with Crippen LogP contribution in [0.1, 0.15) is 46.5 Å². The summed E-state index contributed by atoms with van der Waals surface area (Å²) in [5, 5.41) is 11.0. The fourth-order valence-electron chi connectivity index (χ4n) is 5.57. The Hall–Kier alpha value is -5.44. The maximum atomic E-state index is 6.53. The lowest BCUT2D eigenvalue weighted by molar-refractivity contribution is 0.125. The molecule has 1 aliphatic rings. The summed E-state index contributed by atoms with van der Waals surface area (Å²) in [6.07, 6.45) is 1.62. The summed E-state index contributed by atoms with van der Waals surface area (Å²) < 4.78 is 19.4. The van der Waals surface area contributed by atoms with Crippen LogP contribution in [0.15, 0.2) is 90.3 Å². The highest BCUT2D eigenvalue weighted by atomic mass is 16.6. The SMILES string of the molecule is COc1ccc(C2c3ccc4ccccc4c3Oc3ncn4nc(CON=C(C)c5ccc(C)cc5)nc4c32)cc1OC. The Labute approximate surface area is 248 Å². The van der Waals surface area contributed by atoms with E-state index in [0.29, 0.717) is 28.9 Å².